The monoisotopic (exact) mass is 441 g/mol. The molecule has 0 saturated carbocycles. The fraction of sp³-hybridized carbons (Fsp3) is 0.667. The average Bonchev–Trinajstić information content (AvgIpc) is 2.67. The number of amides is 1. The van der Waals surface area contributed by atoms with Crippen molar-refractivity contribution < 1.29 is 19.2 Å². The van der Waals surface area contributed by atoms with Gasteiger partial charge in [-0.05, 0) is 39.2 Å². The lowest BCUT2D eigenvalue weighted by atomic mass is 9.86. The van der Waals surface area contributed by atoms with Crippen LogP contribution < -0.4 is 5.32 Å². The van der Waals surface area contributed by atoms with Crippen molar-refractivity contribution in [3.8, 4) is 0 Å². The average molecular weight is 442 g/mol. The van der Waals surface area contributed by atoms with Crippen molar-refractivity contribution >= 4 is 17.7 Å². The summed E-state index contributed by atoms with van der Waals surface area (Å²) in [5, 5.41) is 14.2. The molecule has 1 heterocycles. The van der Waals surface area contributed by atoms with Gasteiger partial charge >= 0.3 is 6.09 Å². The number of likely N-dealkylation sites (tertiary alicyclic amines) is 1. The number of nitrogens with one attached hydrogen (secondary N) is 1. The second-order valence-corrected chi connectivity index (χ2v) is 8.95. The Kier molecular flexibility index (Phi) is 8.07. The molecule has 1 aromatic rings. The van der Waals surface area contributed by atoms with E-state index in [1.54, 1.807) is 20.8 Å². The number of benzene rings is 1. The molecule has 0 radical (unpaired) electrons. The van der Waals surface area contributed by atoms with Crippen LogP contribution in [0.5, 0.6) is 0 Å². The van der Waals surface area contributed by atoms with Gasteiger partial charge < -0.3 is 9.47 Å². The molecule has 0 spiro atoms. The minimum Gasteiger partial charge on any atom is -0.444 e. The summed E-state index contributed by atoms with van der Waals surface area (Å²) >= 11 is 6.73. The van der Waals surface area contributed by atoms with Gasteiger partial charge in [-0.1, -0.05) is 37.3 Å². The molecule has 2 rings (SSSR count). The lowest BCUT2D eigenvalue weighted by Crippen LogP contribution is -2.76. The maximum Gasteiger partial charge on any atom is 0.411 e. The van der Waals surface area contributed by atoms with Gasteiger partial charge in [-0.3, -0.25) is 20.3 Å². The zero-order valence-electron chi connectivity index (χ0n) is 18.3. The van der Waals surface area contributed by atoms with E-state index in [4.69, 9.17) is 21.1 Å². The third kappa shape index (κ3) is 5.42. The fourth-order valence-electron chi connectivity index (χ4n) is 3.85. The summed E-state index contributed by atoms with van der Waals surface area (Å²) in [6.45, 7) is 7.67. The van der Waals surface area contributed by atoms with E-state index >= 15 is 0 Å². The first kappa shape index (κ1) is 24.4. The Hall–Kier alpha value is -1.90. The molecule has 1 fully saturated rings. The number of nitrogens with zero attached hydrogens (tertiary/aromatic N) is 2. The molecule has 0 bridgehead atoms. The maximum atomic E-state index is 13.1. The van der Waals surface area contributed by atoms with Crippen molar-refractivity contribution in [2.45, 2.75) is 69.3 Å². The zero-order valence-corrected chi connectivity index (χ0v) is 19.0. The summed E-state index contributed by atoms with van der Waals surface area (Å²) < 4.78 is 11.0. The summed E-state index contributed by atoms with van der Waals surface area (Å²) in [5.74, 6) is 0. The molecule has 30 heavy (non-hydrogen) atoms. The summed E-state index contributed by atoms with van der Waals surface area (Å²) in [7, 11) is 1.39. The first-order valence-electron chi connectivity index (χ1n) is 10.2. The van der Waals surface area contributed by atoms with Crippen LogP contribution in [0.2, 0.25) is 0 Å². The van der Waals surface area contributed by atoms with Crippen LogP contribution in [0.4, 0.5) is 4.79 Å². The van der Waals surface area contributed by atoms with Crippen LogP contribution in [0.25, 0.3) is 0 Å². The van der Waals surface area contributed by atoms with Crippen molar-refractivity contribution in [2.75, 3.05) is 20.2 Å². The Bertz CT molecular complexity index is 727. The highest BCUT2D eigenvalue weighted by Crippen LogP contribution is 2.37. The summed E-state index contributed by atoms with van der Waals surface area (Å²) in [5.41, 5.74) is -0.751. The number of rotatable bonds is 7. The molecule has 1 N–H and O–H groups in total. The normalized spacial score (nSPS) is 27.0. The van der Waals surface area contributed by atoms with E-state index in [1.165, 1.54) is 12.0 Å². The Balaban J connectivity index is 2.36. The highest BCUT2D eigenvalue weighted by Gasteiger charge is 2.60. The number of nitro groups is 1. The SMILES string of the molecule is CC[C@@]1(NCCc2ccccc2)C(Cl)C([N+](=O)[O-])C(OC)CN1C(=O)OC(C)(C)C. The molecule has 9 heteroatoms. The Labute approximate surface area is 183 Å². The van der Waals surface area contributed by atoms with Gasteiger partial charge in [-0.25, -0.2) is 4.79 Å². The molecule has 1 aromatic carbocycles. The molecule has 168 valence electrons. The standard InChI is InChI=1S/C21H32ClN3O5/c1-6-21(23-13-12-15-10-8-7-9-11-15)18(22)17(25(27)28)16(29-5)14-24(21)19(26)30-20(2,3)4/h7-11,16-18,23H,6,12-14H2,1-5H3/t16?,17?,18?,21-/m0/s1. The number of carbonyl (C=O) groups is 1. The molecule has 1 aliphatic heterocycles. The molecule has 1 amide bonds. The predicted molar refractivity (Wildman–Crippen MR) is 115 cm³/mol. The van der Waals surface area contributed by atoms with Crippen molar-refractivity contribution in [1.82, 2.24) is 10.2 Å². The Morgan fingerprint density at radius 1 is 1.37 bits per heavy atom. The van der Waals surface area contributed by atoms with Gasteiger partial charge in [0.15, 0.2) is 0 Å². The molecular weight excluding hydrogens is 410 g/mol. The number of halogens is 1. The summed E-state index contributed by atoms with van der Waals surface area (Å²) in [6, 6.07) is 8.69. The largest absolute Gasteiger partial charge is 0.444 e. The van der Waals surface area contributed by atoms with Crippen molar-refractivity contribution in [1.29, 1.82) is 0 Å². The van der Waals surface area contributed by atoms with Crippen LogP contribution in [0.3, 0.4) is 0 Å². The van der Waals surface area contributed by atoms with E-state index in [0.29, 0.717) is 19.4 Å². The molecule has 1 saturated heterocycles. The number of hydrogen-bond donors (Lipinski definition) is 1. The third-order valence-corrected chi connectivity index (χ3v) is 5.99. The van der Waals surface area contributed by atoms with Gasteiger partial charge in [-0.15, -0.1) is 11.6 Å². The van der Waals surface area contributed by atoms with Crippen LogP contribution in [-0.4, -0.2) is 64.9 Å². The highest BCUT2D eigenvalue weighted by atomic mass is 35.5. The van der Waals surface area contributed by atoms with Crippen LogP contribution >= 0.6 is 11.6 Å². The zero-order chi connectivity index (χ0) is 22.5. The number of hydrogen-bond acceptors (Lipinski definition) is 6. The van der Waals surface area contributed by atoms with Crippen LogP contribution in [0.15, 0.2) is 30.3 Å². The van der Waals surface area contributed by atoms with Gasteiger partial charge in [0.1, 0.15) is 22.7 Å². The van der Waals surface area contributed by atoms with Crippen LogP contribution in [0.1, 0.15) is 39.7 Å². The third-order valence-electron chi connectivity index (χ3n) is 5.37. The maximum absolute atomic E-state index is 13.1. The first-order chi connectivity index (χ1) is 14.1. The predicted octanol–water partition coefficient (Wildman–Crippen LogP) is 3.44. The van der Waals surface area contributed by atoms with Crippen LogP contribution in [-0.2, 0) is 15.9 Å². The van der Waals surface area contributed by atoms with Gasteiger partial charge in [0.2, 0.25) is 0 Å². The van der Waals surface area contributed by atoms with Gasteiger partial charge in [-0.2, -0.15) is 0 Å². The second kappa shape index (κ2) is 9.94. The van der Waals surface area contributed by atoms with Gasteiger partial charge in [0.25, 0.3) is 6.04 Å². The van der Waals surface area contributed by atoms with Crippen molar-refractivity contribution in [3.05, 3.63) is 46.0 Å². The topological polar surface area (TPSA) is 93.9 Å². The first-order valence-corrected chi connectivity index (χ1v) is 10.6. The van der Waals surface area contributed by atoms with E-state index in [9.17, 15) is 14.9 Å². The molecule has 1 aliphatic rings. The fourth-order valence-corrected chi connectivity index (χ4v) is 4.46. The Morgan fingerprint density at radius 3 is 2.50 bits per heavy atom. The van der Waals surface area contributed by atoms with Gasteiger partial charge in [0, 0.05) is 18.6 Å². The van der Waals surface area contributed by atoms with Gasteiger partial charge in [0.05, 0.1) is 6.54 Å². The molecule has 3 unspecified atom stereocenters. The summed E-state index contributed by atoms with van der Waals surface area (Å²) in [6.07, 6.45) is -0.363. The van der Waals surface area contributed by atoms with E-state index in [-0.39, 0.29) is 6.54 Å². The number of methoxy groups -OCH3 is 1. The van der Waals surface area contributed by atoms with E-state index in [1.807, 2.05) is 37.3 Å². The highest BCUT2D eigenvalue weighted by molar-refractivity contribution is 6.22. The minimum absolute atomic E-state index is 0.00641. The summed E-state index contributed by atoms with van der Waals surface area (Å²) in [4.78, 5) is 26.0. The lowest BCUT2D eigenvalue weighted by molar-refractivity contribution is -0.541. The number of carbonyl (C=O) groups excluding carboxylic acids is 1. The molecule has 0 aliphatic carbocycles. The Morgan fingerprint density at radius 2 is 2.00 bits per heavy atom. The molecular formula is C21H32ClN3O5. The van der Waals surface area contributed by atoms with Crippen LogP contribution in [0, 0.1) is 10.1 Å². The van der Waals surface area contributed by atoms with E-state index in [0.717, 1.165) is 5.56 Å². The molecule has 8 nitrogen and oxygen atoms in total. The molecule has 0 aromatic heterocycles. The lowest BCUT2D eigenvalue weighted by Gasteiger charge is -2.52. The quantitative estimate of drug-likeness (QED) is 0.395. The second-order valence-electron chi connectivity index (χ2n) is 8.48. The molecule has 4 atom stereocenters. The number of piperidine rings is 1. The smallest absolute Gasteiger partial charge is 0.411 e. The number of alkyl halides is 1. The van der Waals surface area contributed by atoms with Crippen molar-refractivity contribution in [3.63, 3.8) is 0 Å². The number of ether oxygens (including phenoxy) is 2. The minimum atomic E-state index is -1.17. The van der Waals surface area contributed by atoms with Crippen molar-refractivity contribution in [2.24, 2.45) is 0 Å². The van der Waals surface area contributed by atoms with E-state index < -0.39 is 39.8 Å². The van der Waals surface area contributed by atoms with E-state index in [2.05, 4.69) is 5.32 Å².